The average Bonchev–Trinajstić information content (AvgIpc) is 2.46. The van der Waals surface area contributed by atoms with E-state index >= 15 is 0 Å². The van der Waals surface area contributed by atoms with Crippen molar-refractivity contribution in [3.8, 4) is 11.8 Å². The van der Waals surface area contributed by atoms with Crippen LogP contribution in [-0.4, -0.2) is 34.7 Å². The van der Waals surface area contributed by atoms with Crippen molar-refractivity contribution in [2.45, 2.75) is 6.92 Å². The second kappa shape index (κ2) is 7.49. The predicted octanol–water partition coefficient (Wildman–Crippen LogP) is 2.41. The SMILES string of the molecule is CCOc1cc(NCCOc2ccc(Cl)cn2)ncn1. The molecule has 2 aromatic heterocycles. The van der Waals surface area contributed by atoms with Crippen LogP contribution in [0.3, 0.4) is 0 Å². The zero-order valence-electron chi connectivity index (χ0n) is 11.0. The van der Waals surface area contributed by atoms with Gasteiger partial charge >= 0.3 is 0 Å². The first kappa shape index (κ1) is 14.3. The molecule has 0 bridgehead atoms. The molecule has 7 heteroatoms. The Balaban J connectivity index is 1.75. The van der Waals surface area contributed by atoms with Crippen LogP contribution < -0.4 is 14.8 Å². The number of nitrogens with zero attached hydrogens (tertiary/aromatic N) is 3. The molecule has 2 rings (SSSR count). The highest BCUT2D eigenvalue weighted by molar-refractivity contribution is 6.30. The van der Waals surface area contributed by atoms with Crippen LogP contribution in [-0.2, 0) is 0 Å². The summed E-state index contributed by atoms with van der Waals surface area (Å²) < 4.78 is 10.7. The Hall–Kier alpha value is -2.08. The minimum Gasteiger partial charge on any atom is -0.478 e. The van der Waals surface area contributed by atoms with Crippen LogP contribution in [0.25, 0.3) is 0 Å². The monoisotopic (exact) mass is 294 g/mol. The molecule has 0 aliphatic rings. The maximum absolute atomic E-state index is 5.74. The maximum Gasteiger partial charge on any atom is 0.218 e. The molecule has 0 spiro atoms. The van der Waals surface area contributed by atoms with Crippen molar-refractivity contribution >= 4 is 17.4 Å². The number of hydrogen-bond donors (Lipinski definition) is 1. The molecule has 20 heavy (non-hydrogen) atoms. The van der Waals surface area contributed by atoms with Gasteiger partial charge in [-0.1, -0.05) is 11.6 Å². The van der Waals surface area contributed by atoms with E-state index < -0.39 is 0 Å². The van der Waals surface area contributed by atoms with Crippen molar-refractivity contribution in [2.75, 3.05) is 25.1 Å². The van der Waals surface area contributed by atoms with Crippen LogP contribution >= 0.6 is 11.6 Å². The number of anilines is 1. The minimum atomic E-state index is 0.461. The summed E-state index contributed by atoms with van der Waals surface area (Å²) in [6, 6.07) is 5.19. The molecule has 0 fully saturated rings. The fourth-order valence-corrected chi connectivity index (χ4v) is 1.56. The van der Waals surface area contributed by atoms with Gasteiger partial charge in [-0.3, -0.25) is 0 Å². The summed E-state index contributed by atoms with van der Waals surface area (Å²) in [5, 5.41) is 3.70. The van der Waals surface area contributed by atoms with Crippen LogP contribution in [0.15, 0.2) is 30.7 Å². The van der Waals surface area contributed by atoms with Gasteiger partial charge in [0.15, 0.2) is 0 Å². The summed E-state index contributed by atoms with van der Waals surface area (Å²) in [6.45, 7) is 3.53. The number of ether oxygens (including phenoxy) is 2. The normalized spacial score (nSPS) is 10.1. The molecule has 0 saturated carbocycles. The number of rotatable bonds is 7. The highest BCUT2D eigenvalue weighted by Crippen LogP contribution is 2.12. The van der Waals surface area contributed by atoms with Gasteiger partial charge in [-0.15, -0.1) is 0 Å². The number of halogens is 1. The quantitative estimate of drug-likeness (QED) is 0.791. The fourth-order valence-electron chi connectivity index (χ4n) is 1.45. The third-order valence-corrected chi connectivity index (χ3v) is 2.52. The Labute approximate surface area is 122 Å². The van der Waals surface area contributed by atoms with Gasteiger partial charge in [-0.05, 0) is 13.0 Å². The summed E-state index contributed by atoms with van der Waals surface area (Å²) in [6.07, 6.45) is 3.00. The molecule has 2 heterocycles. The minimum absolute atomic E-state index is 0.461. The smallest absolute Gasteiger partial charge is 0.218 e. The molecule has 0 amide bonds. The standard InChI is InChI=1S/C13H15ClN4O2/c1-2-19-13-7-11(17-9-18-13)15-5-6-20-12-4-3-10(14)8-16-12/h3-4,7-9H,2,5-6H2,1H3,(H,15,17,18). The number of nitrogens with one attached hydrogen (secondary N) is 1. The lowest BCUT2D eigenvalue weighted by molar-refractivity contribution is 0.319. The third kappa shape index (κ3) is 4.55. The Morgan fingerprint density at radius 1 is 1.15 bits per heavy atom. The Morgan fingerprint density at radius 2 is 2.05 bits per heavy atom. The zero-order chi connectivity index (χ0) is 14.2. The first-order chi connectivity index (χ1) is 9.78. The number of aromatic nitrogens is 3. The van der Waals surface area contributed by atoms with Gasteiger partial charge in [0, 0.05) is 18.3 Å². The third-order valence-electron chi connectivity index (χ3n) is 2.29. The lowest BCUT2D eigenvalue weighted by atomic mass is 10.5. The lowest BCUT2D eigenvalue weighted by Gasteiger charge is -2.08. The average molecular weight is 295 g/mol. The van der Waals surface area contributed by atoms with Gasteiger partial charge in [-0.25, -0.2) is 15.0 Å². The first-order valence-corrected chi connectivity index (χ1v) is 6.59. The molecule has 0 aromatic carbocycles. The molecule has 0 aliphatic heterocycles. The molecule has 0 unspecified atom stereocenters. The van der Waals surface area contributed by atoms with E-state index in [0.29, 0.717) is 42.4 Å². The second-order valence-electron chi connectivity index (χ2n) is 3.76. The van der Waals surface area contributed by atoms with E-state index in [-0.39, 0.29) is 0 Å². The molecule has 106 valence electrons. The van der Waals surface area contributed by atoms with Crippen molar-refractivity contribution in [3.05, 3.63) is 35.7 Å². The molecule has 0 saturated heterocycles. The van der Waals surface area contributed by atoms with Gasteiger partial charge in [0.25, 0.3) is 0 Å². The summed E-state index contributed by atoms with van der Waals surface area (Å²) in [5.41, 5.74) is 0. The number of hydrogen-bond acceptors (Lipinski definition) is 6. The van der Waals surface area contributed by atoms with E-state index in [0.717, 1.165) is 0 Å². The lowest BCUT2D eigenvalue weighted by Crippen LogP contribution is -2.13. The van der Waals surface area contributed by atoms with Crippen LogP contribution in [0.2, 0.25) is 5.02 Å². The molecular formula is C13H15ClN4O2. The summed E-state index contributed by atoms with van der Waals surface area (Å²) >= 11 is 5.74. The van der Waals surface area contributed by atoms with E-state index in [1.165, 1.54) is 6.33 Å². The van der Waals surface area contributed by atoms with Crippen molar-refractivity contribution in [2.24, 2.45) is 0 Å². The van der Waals surface area contributed by atoms with Crippen LogP contribution in [0.1, 0.15) is 6.92 Å². The predicted molar refractivity (Wildman–Crippen MR) is 76.4 cm³/mol. The van der Waals surface area contributed by atoms with Crippen molar-refractivity contribution in [3.63, 3.8) is 0 Å². The summed E-state index contributed by atoms with van der Waals surface area (Å²) in [5.74, 6) is 1.77. The Kier molecular flexibility index (Phi) is 5.37. The Bertz CT molecular complexity index is 536. The molecule has 2 aromatic rings. The van der Waals surface area contributed by atoms with E-state index in [1.807, 2.05) is 6.92 Å². The largest absolute Gasteiger partial charge is 0.478 e. The molecular weight excluding hydrogens is 280 g/mol. The van der Waals surface area contributed by atoms with E-state index in [1.54, 1.807) is 24.4 Å². The first-order valence-electron chi connectivity index (χ1n) is 6.21. The second-order valence-corrected chi connectivity index (χ2v) is 4.20. The molecule has 6 nitrogen and oxygen atoms in total. The van der Waals surface area contributed by atoms with E-state index in [9.17, 15) is 0 Å². The van der Waals surface area contributed by atoms with E-state index in [2.05, 4.69) is 20.3 Å². The molecule has 0 atom stereocenters. The number of pyridine rings is 1. The van der Waals surface area contributed by atoms with Crippen molar-refractivity contribution in [1.29, 1.82) is 0 Å². The summed E-state index contributed by atoms with van der Waals surface area (Å²) in [7, 11) is 0. The highest BCUT2D eigenvalue weighted by atomic mass is 35.5. The van der Waals surface area contributed by atoms with Crippen LogP contribution in [0.5, 0.6) is 11.8 Å². The van der Waals surface area contributed by atoms with Gasteiger partial charge in [0.2, 0.25) is 11.8 Å². The fraction of sp³-hybridized carbons (Fsp3) is 0.308. The van der Waals surface area contributed by atoms with Crippen molar-refractivity contribution in [1.82, 2.24) is 15.0 Å². The van der Waals surface area contributed by atoms with Crippen LogP contribution in [0, 0.1) is 0 Å². The molecule has 0 radical (unpaired) electrons. The van der Waals surface area contributed by atoms with Gasteiger partial charge in [0.05, 0.1) is 18.2 Å². The van der Waals surface area contributed by atoms with Gasteiger partial charge in [0.1, 0.15) is 18.8 Å². The Morgan fingerprint density at radius 3 is 2.80 bits per heavy atom. The van der Waals surface area contributed by atoms with E-state index in [4.69, 9.17) is 21.1 Å². The maximum atomic E-state index is 5.74. The van der Waals surface area contributed by atoms with Crippen LogP contribution in [0.4, 0.5) is 5.82 Å². The molecule has 0 aliphatic carbocycles. The van der Waals surface area contributed by atoms with Gasteiger partial charge in [-0.2, -0.15) is 0 Å². The molecule has 1 N–H and O–H groups in total. The summed E-state index contributed by atoms with van der Waals surface area (Å²) in [4.78, 5) is 12.1. The van der Waals surface area contributed by atoms with Crippen molar-refractivity contribution < 1.29 is 9.47 Å². The topological polar surface area (TPSA) is 69.2 Å². The van der Waals surface area contributed by atoms with Gasteiger partial charge < -0.3 is 14.8 Å². The zero-order valence-corrected chi connectivity index (χ0v) is 11.8. The highest BCUT2D eigenvalue weighted by Gasteiger charge is 1.99.